The monoisotopic (exact) mass is 343 g/mol. The molecule has 0 N–H and O–H groups in total. The van der Waals surface area contributed by atoms with Gasteiger partial charge in [-0.3, -0.25) is 9.48 Å². The number of hydrogen-bond donors (Lipinski definition) is 0. The van der Waals surface area contributed by atoms with Gasteiger partial charge < -0.3 is 14.4 Å². The molecule has 1 aromatic heterocycles. The fourth-order valence-corrected chi connectivity index (χ4v) is 2.62. The Balaban J connectivity index is 1.56. The number of carbonyl (C=O) groups excluding carboxylic acids is 1. The molecule has 0 fully saturated rings. The Morgan fingerprint density at radius 2 is 1.96 bits per heavy atom. The van der Waals surface area contributed by atoms with Crippen molar-refractivity contribution in [2.75, 3.05) is 13.2 Å². The van der Waals surface area contributed by atoms with E-state index in [0.29, 0.717) is 32.1 Å². The van der Waals surface area contributed by atoms with Gasteiger partial charge in [-0.05, 0) is 26.3 Å². The molecule has 134 valence electrons. The third-order valence-electron chi connectivity index (χ3n) is 3.99. The second-order valence-electron chi connectivity index (χ2n) is 7.19. The van der Waals surface area contributed by atoms with E-state index in [4.69, 9.17) is 9.47 Å². The van der Waals surface area contributed by atoms with E-state index in [0.717, 1.165) is 11.3 Å². The summed E-state index contributed by atoms with van der Waals surface area (Å²) < 4.78 is 13.3. The Kier molecular flexibility index (Phi) is 5.08. The molecule has 0 saturated carbocycles. The van der Waals surface area contributed by atoms with Crippen LogP contribution in [0.4, 0.5) is 0 Å². The fourth-order valence-electron chi connectivity index (χ4n) is 2.62. The van der Waals surface area contributed by atoms with Crippen molar-refractivity contribution in [1.82, 2.24) is 14.7 Å². The normalized spacial score (nSPS) is 14.3. The molecule has 0 aliphatic carbocycles. The summed E-state index contributed by atoms with van der Waals surface area (Å²) in [6, 6.07) is 11.9. The smallest absolute Gasteiger partial charge is 0.249 e. The van der Waals surface area contributed by atoms with Crippen molar-refractivity contribution < 1.29 is 14.3 Å². The average molecular weight is 343 g/mol. The van der Waals surface area contributed by atoms with Crippen LogP contribution in [-0.4, -0.2) is 39.3 Å². The first-order valence-corrected chi connectivity index (χ1v) is 8.56. The van der Waals surface area contributed by atoms with E-state index in [1.165, 1.54) is 0 Å². The number of benzene rings is 1. The van der Waals surface area contributed by atoms with Crippen LogP contribution in [0.1, 0.15) is 32.0 Å². The number of hydrogen-bond acceptors (Lipinski definition) is 4. The molecule has 2 heterocycles. The van der Waals surface area contributed by atoms with E-state index in [9.17, 15) is 4.79 Å². The van der Waals surface area contributed by atoms with Gasteiger partial charge in [0.2, 0.25) is 11.8 Å². The van der Waals surface area contributed by atoms with Crippen molar-refractivity contribution in [3.05, 3.63) is 47.7 Å². The minimum Gasteiger partial charge on any atom is -0.472 e. The van der Waals surface area contributed by atoms with Gasteiger partial charge in [-0.25, -0.2) is 0 Å². The summed E-state index contributed by atoms with van der Waals surface area (Å²) in [5, 5.41) is 4.47. The van der Waals surface area contributed by atoms with Gasteiger partial charge in [0.1, 0.15) is 13.2 Å². The topological polar surface area (TPSA) is 56.6 Å². The molecule has 6 nitrogen and oxygen atoms in total. The molecule has 1 amide bonds. The molecule has 0 atom stereocenters. The molecule has 25 heavy (non-hydrogen) atoms. The Morgan fingerprint density at radius 3 is 2.68 bits per heavy atom. The summed E-state index contributed by atoms with van der Waals surface area (Å²) in [5.74, 6) is 0.605. The van der Waals surface area contributed by atoms with Crippen LogP contribution in [0.15, 0.2) is 36.4 Å². The van der Waals surface area contributed by atoms with Crippen molar-refractivity contribution in [3.8, 4) is 5.88 Å². The molecule has 6 heteroatoms. The number of nitrogens with zero attached hydrogens (tertiary/aromatic N) is 3. The Hall–Kier alpha value is -2.34. The van der Waals surface area contributed by atoms with Gasteiger partial charge >= 0.3 is 0 Å². The molecule has 1 aliphatic heterocycles. The fraction of sp³-hybridized carbons (Fsp3) is 0.474. The van der Waals surface area contributed by atoms with Crippen LogP contribution < -0.4 is 4.74 Å². The molecular weight excluding hydrogens is 318 g/mol. The van der Waals surface area contributed by atoms with Gasteiger partial charge in [0.25, 0.3) is 0 Å². The predicted molar refractivity (Wildman–Crippen MR) is 94.1 cm³/mol. The van der Waals surface area contributed by atoms with E-state index in [1.807, 2.05) is 66.8 Å². The third kappa shape index (κ3) is 4.82. The van der Waals surface area contributed by atoms with Crippen LogP contribution in [0.3, 0.4) is 0 Å². The number of aromatic nitrogens is 2. The zero-order valence-corrected chi connectivity index (χ0v) is 15.1. The minimum atomic E-state index is -0.314. The summed E-state index contributed by atoms with van der Waals surface area (Å²) in [5.41, 5.74) is 1.77. The lowest BCUT2D eigenvalue weighted by Crippen LogP contribution is -2.41. The molecule has 0 radical (unpaired) electrons. The summed E-state index contributed by atoms with van der Waals surface area (Å²) in [7, 11) is 0. The lowest BCUT2D eigenvalue weighted by molar-refractivity contribution is -0.142. The molecule has 0 bridgehead atoms. The number of ether oxygens (including phenoxy) is 2. The van der Waals surface area contributed by atoms with E-state index in [-0.39, 0.29) is 18.1 Å². The van der Waals surface area contributed by atoms with Crippen molar-refractivity contribution in [1.29, 1.82) is 0 Å². The Bertz CT molecular complexity index is 719. The van der Waals surface area contributed by atoms with E-state index >= 15 is 0 Å². The van der Waals surface area contributed by atoms with Crippen molar-refractivity contribution >= 4 is 5.91 Å². The first-order chi connectivity index (χ1) is 11.9. The number of carbonyl (C=O) groups is 1. The molecule has 3 rings (SSSR count). The van der Waals surface area contributed by atoms with Crippen LogP contribution in [-0.2, 0) is 29.2 Å². The van der Waals surface area contributed by atoms with Gasteiger partial charge in [-0.2, -0.15) is 0 Å². The van der Waals surface area contributed by atoms with Gasteiger partial charge in [0.15, 0.2) is 0 Å². The van der Waals surface area contributed by atoms with Crippen molar-refractivity contribution in [3.63, 3.8) is 0 Å². The number of fused-ring (bicyclic) bond motifs is 1. The maximum Gasteiger partial charge on any atom is 0.249 e. The van der Waals surface area contributed by atoms with Gasteiger partial charge in [-0.1, -0.05) is 30.3 Å². The Labute approximate surface area is 148 Å². The highest BCUT2D eigenvalue weighted by atomic mass is 16.5. The maximum absolute atomic E-state index is 12.3. The highest BCUT2D eigenvalue weighted by Gasteiger charge is 2.24. The molecule has 0 saturated heterocycles. The second-order valence-corrected chi connectivity index (χ2v) is 7.19. The summed E-state index contributed by atoms with van der Waals surface area (Å²) >= 11 is 0. The van der Waals surface area contributed by atoms with Crippen LogP contribution in [0, 0.1) is 0 Å². The Morgan fingerprint density at radius 1 is 1.20 bits per heavy atom. The lowest BCUT2D eigenvalue weighted by atomic mass is 10.2. The zero-order chi connectivity index (χ0) is 17.9. The van der Waals surface area contributed by atoms with E-state index < -0.39 is 0 Å². The number of rotatable bonds is 5. The zero-order valence-electron chi connectivity index (χ0n) is 15.1. The summed E-state index contributed by atoms with van der Waals surface area (Å²) in [4.78, 5) is 14.1. The maximum atomic E-state index is 12.3. The van der Waals surface area contributed by atoms with Gasteiger partial charge in [-0.15, -0.1) is 5.10 Å². The molecule has 2 aromatic rings. The standard InChI is InChI=1S/C19H25N3O3/c1-19(2,3)25-14-18(23)21-9-10-22-16(12-21)11-17(20-22)24-13-15-7-5-4-6-8-15/h4-8,11H,9-10,12-14H2,1-3H3. The molecule has 0 unspecified atom stereocenters. The van der Waals surface area contributed by atoms with Crippen molar-refractivity contribution in [2.45, 2.75) is 46.1 Å². The highest BCUT2D eigenvalue weighted by molar-refractivity contribution is 5.77. The molecule has 0 spiro atoms. The molecular formula is C19H25N3O3. The summed E-state index contributed by atoms with van der Waals surface area (Å²) in [6.07, 6.45) is 0. The van der Waals surface area contributed by atoms with Crippen LogP contribution in [0.2, 0.25) is 0 Å². The first-order valence-electron chi connectivity index (χ1n) is 8.56. The predicted octanol–water partition coefficient (Wildman–Crippen LogP) is 2.62. The van der Waals surface area contributed by atoms with Gasteiger partial charge in [0.05, 0.1) is 24.4 Å². The summed E-state index contributed by atoms with van der Waals surface area (Å²) in [6.45, 7) is 8.28. The minimum absolute atomic E-state index is 0.00845. The largest absolute Gasteiger partial charge is 0.472 e. The van der Waals surface area contributed by atoms with E-state index in [1.54, 1.807) is 0 Å². The lowest BCUT2D eigenvalue weighted by Gasteiger charge is -2.29. The number of amides is 1. The average Bonchev–Trinajstić information content (AvgIpc) is 3.00. The second kappa shape index (κ2) is 7.27. The van der Waals surface area contributed by atoms with Crippen LogP contribution in [0.5, 0.6) is 5.88 Å². The highest BCUT2D eigenvalue weighted by Crippen LogP contribution is 2.19. The van der Waals surface area contributed by atoms with Crippen molar-refractivity contribution in [2.24, 2.45) is 0 Å². The van der Waals surface area contributed by atoms with Crippen LogP contribution >= 0.6 is 0 Å². The molecule has 1 aliphatic rings. The first kappa shape index (κ1) is 17.5. The third-order valence-corrected chi connectivity index (χ3v) is 3.99. The van der Waals surface area contributed by atoms with E-state index in [2.05, 4.69) is 5.10 Å². The van der Waals surface area contributed by atoms with Crippen LogP contribution in [0.25, 0.3) is 0 Å². The SMILES string of the molecule is CC(C)(C)OCC(=O)N1CCn2nc(OCc3ccccc3)cc2C1. The van der Waals surface area contributed by atoms with Gasteiger partial charge in [0, 0.05) is 12.6 Å². The quantitative estimate of drug-likeness (QED) is 0.837. The molecule has 1 aromatic carbocycles.